The van der Waals surface area contributed by atoms with Gasteiger partial charge in [0.15, 0.2) is 0 Å². The molecule has 0 radical (unpaired) electrons. The SMILES string of the molecule is CC(C)(C)OC(=O)NC(c1cc(F)ccc1Cl)c1c(N=C(c2ccccc2)c2ccccc2)ccn2ccnc12. The molecule has 0 bridgehead atoms. The summed E-state index contributed by atoms with van der Waals surface area (Å²) in [7, 11) is 0. The third kappa shape index (κ3) is 6.05. The molecule has 0 aliphatic carbocycles. The molecule has 5 aromatic rings. The number of benzene rings is 3. The van der Waals surface area contributed by atoms with Crippen LogP contribution in [0.5, 0.6) is 0 Å². The van der Waals surface area contributed by atoms with Crippen LogP contribution in [-0.2, 0) is 4.74 Å². The molecule has 202 valence electrons. The molecular formula is C32H28ClFN4O2. The van der Waals surface area contributed by atoms with E-state index in [-0.39, 0.29) is 5.02 Å². The minimum absolute atomic E-state index is 0.275. The molecule has 0 spiro atoms. The number of alkyl carbamates (subject to hydrolysis) is 1. The topological polar surface area (TPSA) is 68.0 Å². The van der Waals surface area contributed by atoms with Gasteiger partial charge in [-0.1, -0.05) is 72.3 Å². The fraction of sp³-hybridized carbons (Fsp3) is 0.156. The largest absolute Gasteiger partial charge is 0.444 e. The maximum absolute atomic E-state index is 14.6. The third-order valence-corrected chi connectivity index (χ3v) is 6.47. The summed E-state index contributed by atoms with van der Waals surface area (Å²) in [6.45, 7) is 5.31. The van der Waals surface area contributed by atoms with E-state index in [9.17, 15) is 9.18 Å². The normalized spacial score (nSPS) is 12.1. The second kappa shape index (κ2) is 11.3. The van der Waals surface area contributed by atoms with Gasteiger partial charge >= 0.3 is 6.09 Å². The van der Waals surface area contributed by atoms with Gasteiger partial charge in [0.05, 0.1) is 17.4 Å². The Morgan fingerprint density at radius 2 is 1.62 bits per heavy atom. The van der Waals surface area contributed by atoms with E-state index in [2.05, 4.69) is 10.3 Å². The standard InChI is InChI=1S/C32H28ClFN4O2/c1-32(2,3)40-31(39)37-29(24-20-23(34)14-15-25(24)33)27-26(16-18-38-19-17-35-30(27)38)36-28(21-10-6-4-7-11-21)22-12-8-5-9-13-22/h4-20,29H,1-3H3,(H,37,39). The Kier molecular flexibility index (Phi) is 7.67. The van der Waals surface area contributed by atoms with Crippen molar-refractivity contribution in [3.8, 4) is 0 Å². The second-order valence-electron chi connectivity index (χ2n) is 10.2. The van der Waals surface area contributed by atoms with Gasteiger partial charge in [0.2, 0.25) is 0 Å². The molecule has 5 rings (SSSR count). The molecule has 0 aliphatic rings. The number of ether oxygens (including phenoxy) is 1. The molecule has 0 fully saturated rings. The number of carbonyl (C=O) groups is 1. The van der Waals surface area contributed by atoms with Crippen molar-refractivity contribution in [2.75, 3.05) is 0 Å². The van der Waals surface area contributed by atoms with E-state index in [0.717, 1.165) is 16.8 Å². The zero-order valence-corrected chi connectivity index (χ0v) is 23.1. The van der Waals surface area contributed by atoms with Crippen LogP contribution in [0.25, 0.3) is 5.65 Å². The molecule has 2 aromatic heterocycles. The van der Waals surface area contributed by atoms with Gasteiger partial charge in [0.25, 0.3) is 0 Å². The highest BCUT2D eigenvalue weighted by atomic mass is 35.5. The molecule has 1 amide bonds. The number of aliphatic imine (C=N–C) groups is 1. The number of nitrogens with zero attached hydrogens (tertiary/aromatic N) is 3. The molecule has 2 heterocycles. The first-order valence-corrected chi connectivity index (χ1v) is 13.2. The number of imidazole rings is 1. The average Bonchev–Trinajstić information content (AvgIpc) is 3.41. The van der Waals surface area contributed by atoms with E-state index in [1.54, 1.807) is 33.2 Å². The summed E-state index contributed by atoms with van der Waals surface area (Å²) in [6.07, 6.45) is 4.60. The number of hydrogen-bond acceptors (Lipinski definition) is 4. The van der Waals surface area contributed by atoms with Gasteiger partial charge in [-0.25, -0.2) is 19.2 Å². The molecule has 40 heavy (non-hydrogen) atoms. The molecule has 1 unspecified atom stereocenters. The molecule has 0 saturated heterocycles. The van der Waals surface area contributed by atoms with Crippen LogP contribution in [0.15, 0.2) is 109 Å². The number of rotatable bonds is 6. The Morgan fingerprint density at radius 3 is 2.25 bits per heavy atom. The van der Waals surface area contributed by atoms with Crippen LogP contribution in [0, 0.1) is 5.82 Å². The van der Waals surface area contributed by atoms with E-state index < -0.39 is 23.6 Å². The maximum Gasteiger partial charge on any atom is 0.408 e. The van der Waals surface area contributed by atoms with Crippen molar-refractivity contribution in [3.05, 3.63) is 137 Å². The van der Waals surface area contributed by atoms with E-state index in [1.807, 2.05) is 77.3 Å². The molecule has 0 aliphatic heterocycles. The number of halogens is 2. The Bertz CT molecular complexity index is 1640. The van der Waals surface area contributed by atoms with Crippen LogP contribution in [0.2, 0.25) is 5.02 Å². The predicted molar refractivity (Wildman–Crippen MR) is 156 cm³/mol. The Balaban J connectivity index is 1.77. The zero-order chi connectivity index (χ0) is 28.3. The van der Waals surface area contributed by atoms with E-state index in [4.69, 9.17) is 21.3 Å². The van der Waals surface area contributed by atoms with E-state index in [0.29, 0.717) is 22.5 Å². The van der Waals surface area contributed by atoms with Crippen molar-refractivity contribution in [1.29, 1.82) is 0 Å². The first-order chi connectivity index (χ1) is 19.2. The number of hydrogen-bond donors (Lipinski definition) is 1. The van der Waals surface area contributed by atoms with Gasteiger partial charge in [0.1, 0.15) is 17.1 Å². The smallest absolute Gasteiger partial charge is 0.408 e. The minimum atomic E-state index is -0.935. The minimum Gasteiger partial charge on any atom is -0.444 e. The Hall–Kier alpha value is -4.49. The van der Waals surface area contributed by atoms with Crippen LogP contribution in [-0.4, -0.2) is 26.8 Å². The maximum atomic E-state index is 14.6. The van der Waals surface area contributed by atoms with Crippen LogP contribution in [0.4, 0.5) is 14.9 Å². The monoisotopic (exact) mass is 554 g/mol. The lowest BCUT2D eigenvalue weighted by Gasteiger charge is -2.26. The average molecular weight is 555 g/mol. The lowest BCUT2D eigenvalue weighted by Crippen LogP contribution is -2.35. The fourth-order valence-electron chi connectivity index (χ4n) is 4.45. The molecule has 1 atom stereocenters. The highest BCUT2D eigenvalue weighted by molar-refractivity contribution is 6.31. The Labute approximate surface area is 237 Å². The van der Waals surface area contributed by atoms with Gasteiger partial charge in [-0.3, -0.25) is 0 Å². The van der Waals surface area contributed by atoms with Crippen molar-refractivity contribution < 1.29 is 13.9 Å². The van der Waals surface area contributed by atoms with Crippen LogP contribution in [0.3, 0.4) is 0 Å². The molecule has 1 N–H and O–H groups in total. The summed E-state index contributed by atoms with van der Waals surface area (Å²) in [5.74, 6) is -0.495. The van der Waals surface area contributed by atoms with Crippen LogP contribution in [0.1, 0.15) is 49.1 Å². The summed E-state index contributed by atoms with van der Waals surface area (Å²) in [4.78, 5) is 22.9. The van der Waals surface area contributed by atoms with E-state index in [1.165, 1.54) is 18.2 Å². The van der Waals surface area contributed by atoms with Gasteiger partial charge in [-0.2, -0.15) is 0 Å². The number of carbonyl (C=O) groups excluding carboxylic acids is 1. The number of fused-ring (bicyclic) bond motifs is 1. The lowest BCUT2D eigenvalue weighted by molar-refractivity contribution is 0.0512. The summed E-state index contributed by atoms with van der Waals surface area (Å²) >= 11 is 6.61. The zero-order valence-electron chi connectivity index (χ0n) is 22.3. The van der Waals surface area contributed by atoms with Crippen molar-refractivity contribution in [1.82, 2.24) is 14.7 Å². The van der Waals surface area contributed by atoms with Crippen LogP contribution < -0.4 is 5.32 Å². The number of pyridine rings is 1. The first kappa shape index (κ1) is 27.1. The number of amides is 1. The molecular weight excluding hydrogens is 527 g/mol. The van der Waals surface area contributed by atoms with E-state index >= 15 is 0 Å². The molecule has 6 nitrogen and oxygen atoms in total. The highest BCUT2D eigenvalue weighted by Crippen LogP contribution is 2.37. The first-order valence-electron chi connectivity index (χ1n) is 12.8. The summed E-state index contributed by atoms with van der Waals surface area (Å²) in [6, 6.07) is 24.6. The molecule has 0 saturated carbocycles. The van der Waals surface area contributed by atoms with Crippen molar-refractivity contribution in [3.63, 3.8) is 0 Å². The summed E-state index contributed by atoms with van der Waals surface area (Å²) in [5, 5.41) is 3.19. The number of nitrogens with one attached hydrogen (secondary N) is 1. The van der Waals surface area contributed by atoms with Gasteiger partial charge in [-0.15, -0.1) is 0 Å². The second-order valence-corrected chi connectivity index (χ2v) is 10.6. The predicted octanol–water partition coefficient (Wildman–Crippen LogP) is 7.91. The Morgan fingerprint density at radius 1 is 0.975 bits per heavy atom. The number of aromatic nitrogens is 2. The van der Waals surface area contributed by atoms with Gasteiger partial charge < -0.3 is 14.5 Å². The molecule has 3 aromatic carbocycles. The van der Waals surface area contributed by atoms with Gasteiger partial charge in [-0.05, 0) is 45.0 Å². The van der Waals surface area contributed by atoms with Crippen molar-refractivity contribution in [2.24, 2.45) is 4.99 Å². The summed E-state index contributed by atoms with van der Waals surface area (Å²) < 4.78 is 22.0. The molecule has 8 heteroatoms. The summed E-state index contributed by atoms with van der Waals surface area (Å²) in [5.41, 5.74) is 3.72. The third-order valence-electron chi connectivity index (χ3n) is 6.12. The van der Waals surface area contributed by atoms with Crippen molar-refractivity contribution in [2.45, 2.75) is 32.4 Å². The van der Waals surface area contributed by atoms with Crippen LogP contribution >= 0.6 is 11.6 Å². The quantitative estimate of drug-likeness (QED) is 0.217. The van der Waals surface area contributed by atoms with Crippen molar-refractivity contribution >= 4 is 34.7 Å². The highest BCUT2D eigenvalue weighted by Gasteiger charge is 2.28. The fourth-order valence-corrected chi connectivity index (χ4v) is 4.67. The van der Waals surface area contributed by atoms with Gasteiger partial charge in [0, 0.05) is 45.9 Å². The lowest BCUT2D eigenvalue weighted by atomic mass is 9.97.